The van der Waals surface area contributed by atoms with Crippen LogP contribution in [0.1, 0.15) is 37.0 Å². The Morgan fingerprint density at radius 1 is 1.56 bits per heavy atom. The van der Waals surface area contributed by atoms with Crippen LogP contribution in [-0.2, 0) is 15.1 Å². The van der Waals surface area contributed by atoms with E-state index in [2.05, 4.69) is 16.1 Å². The largest absolute Gasteiger partial charge is 0.381 e. The second kappa shape index (κ2) is 5.48. The highest BCUT2D eigenvalue weighted by molar-refractivity contribution is 5.06. The number of ether oxygens (including phenoxy) is 2. The molecule has 6 heteroatoms. The molecule has 2 N–H and O–H groups in total. The highest BCUT2D eigenvalue weighted by atomic mass is 16.5. The van der Waals surface area contributed by atoms with Crippen LogP contribution >= 0.6 is 0 Å². The van der Waals surface area contributed by atoms with E-state index in [-0.39, 0.29) is 0 Å². The molecule has 1 saturated heterocycles. The van der Waals surface area contributed by atoms with Crippen molar-refractivity contribution >= 4 is 0 Å². The van der Waals surface area contributed by atoms with Gasteiger partial charge in [0.05, 0.1) is 6.04 Å². The molecule has 0 aliphatic carbocycles. The summed E-state index contributed by atoms with van der Waals surface area (Å²) in [5.74, 6) is 3.35. The Balaban J connectivity index is 2.20. The molecule has 0 aromatic carbocycles. The van der Waals surface area contributed by atoms with E-state index < -0.39 is 11.6 Å². The Morgan fingerprint density at radius 3 is 2.89 bits per heavy atom. The molecule has 1 atom stereocenters. The fourth-order valence-corrected chi connectivity index (χ4v) is 2.01. The molecule has 1 aromatic heterocycles. The van der Waals surface area contributed by atoms with Gasteiger partial charge in [0.15, 0.2) is 0 Å². The van der Waals surface area contributed by atoms with Crippen molar-refractivity contribution in [3.05, 3.63) is 11.7 Å². The monoisotopic (exact) mass is 251 g/mol. The summed E-state index contributed by atoms with van der Waals surface area (Å²) in [6, 6.07) is -0.426. The lowest BCUT2D eigenvalue weighted by atomic mass is 9.93. The average Bonchev–Trinajstić information content (AvgIpc) is 2.90. The SMILES string of the molecule is C#CCC(N)c1nc(C2(OC)CCOCC2)no1. The molecule has 0 radical (unpaired) electrons. The van der Waals surface area contributed by atoms with E-state index in [1.165, 1.54) is 0 Å². The molecular formula is C12H17N3O3. The van der Waals surface area contributed by atoms with Crippen molar-refractivity contribution in [1.82, 2.24) is 10.1 Å². The molecule has 1 aromatic rings. The van der Waals surface area contributed by atoms with Gasteiger partial charge in [-0.2, -0.15) is 4.98 Å². The van der Waals surface area contributed by atoms with Gasteiger partial charge in [-0.25, -0.2) is 0 Å². The van der Waals surface area contributed by atoms with Gasteiger partial charge in [0.1, 0.15) is 5.60 Å². The number of hydrogen-bond donors (Lipinski definition) is 1. The van der Waals surface area contributed by atoms with Crippen molar-refractivity contribution in [3.8, 4) is 12.3 Å². The van der Waals surface area contributed by atoms with E-state index >= 15 is 0 Å². The maximum atomic E-state index is 5.83. The van der Waals surface area contributed by atoms with E-state index in [0.29, 0.717) is 44.2 Å². The molecular weight excluding hydrogens is 234 g/mol. The molecule has 1 fully saturated rings. The predicted molar refractivity (Wildman–Crippen MR) is 63.4 cm³/mol. The van der Waals surface area contributed by atoms with Crippen molar-refractivity contribution < 1.29 is 14.0 Å². The first-order chi connectivity index (χ1) is 8.72. The Bertz CT molecular complexity index is 432. The van der Waals surface area contributed by atoms with E-state index in [1.807, 2.05) is 0 Å². The Hall–Kier alpha value is -1.42. The molecule has 18 heavy (non-hydrogen) atoms. The van der Waals surface area contributed by atoms with E-state index in [0.717, 1.165) is 0 Å². The van der Waals surface area contributed by atoms with Crippen LogP contribution in [0.4, 0.5) is 0 Å². The molecule has 6 nitrogen and oxygen atoms in total. The summed E-state index contributed by atoms with van der Waals surface area (Å²) in [5, 5.41) is 3.97. The lowest BCUT2D eigenvalue weighted by molar-refractivity contribution is -0.101. The summed E-state index contributed by atoms with van der Waals surface area (Å²) < 4.78 is 16.1. The van der Waals surface area contributed by atoms with Crippen LogP contribution in [0, 0.1) is 12.3 Å². The Kier molecular flexibility index (Phi) is 3.97. The fraction of sp³-hybridized carbons (Fsp3) is 0.667. The van der Waals surface area contributed by atoms with Crippen LogP contribution in [0.3, 0.4) is 0 Å². The number of rotatable bonds is 4. The third-order valence-electron chi connectivity index (χ3n) is 3.20. The zero-order chi connectivity index (χ0) is 13.0. The molecule has 0 saturated carbocycles. The van der Waals surface area contributed by atoms with Gasteiger partial charge in [-0.1, -0.05) is 5.16 Å². The van der Waals surface area contributed by atoms with Gasteiger partial charge in [-0.3, -0.25) is 0 Å². The molecule has 0 spiro atoms. The van der Waals surface area contributed by atoms with Crippen LogP contribution in [0.15, 0.2) is 4.52 Å². The third kappa shape index (κ3) is 2.38. The lowest BCUT2D eigenvalue weighted by Gasteiger charge is -2.32. The highest BCUT2D eigenvalue weighted by Crippen LogP contribution is 2.33. The minimum Gasteiger partial charge on any atom is -0.381 e. The lowest BCUT2D eigenvalue weighted by Crippen LogP contribution is -2.36. The van der Waals surface area contributed by atoms with Crippen molar-refractivity contribution in [2.45, 2.75) is 30.9 Å². The minimum atomic E-state index is -0.532. The summed E-state index contributed by atoms with van der Waals surface area (Å²) in [4.78, 5) is 4.32. The zero-order valence-corrected chi connectivity index (χ0v) is 10.4. The molecule has 0 amide bonds. The Labute approximate surface area is 106 Å². The van der Waals surface area contributed by atoms with Gasteiger partial charge >= 0.3 is 0 Å². The van der Waals surface area contributed by atoms with Crippen LogP contribution in [-0.4, -0.2) is 30.5 Å². The summed E-state index contributed by atoms with van der Waals surface area (Å²) in [6.07, 6.45) is 6.98. The van der Waals surface area contributed by atoms with Gasteiger partial charge in [-0.05, 0) is 0 Å². The number of aromatic nitrogens is 2. The van der Waals surface area contributed by atoms with Crippen LogP contribution in [0.5, 0.6) is 0 Å². The van der Waals surface area contributed by atoms with Crippen molar-refractivity contribution in [2.75, 3.05) is 20.3 Å². The van der Waals surface area contributed by atoms with E-state index in [1.54, 1.807) is 7.11 Å². The second-order valence-corrected chi connectivity index (χ2v) is 4.28. The quantitative estimate of drug-likeness (QED) is 0.795. The zero-order valence-electron chi connectivity index (χ0n) is 10.4. The number of nitrogens with zero attached hydrogens (tertiary/aromatic N) is 2. The number of methoxy groups -OCH3 is 1. The first-order valence-electron chi connectivity index (χ1n) is 5.88. The second-order valence-electron chi connectivity index (χ2n) is 4.28. The predicted octanol–water partition coefficient (Wildman–Crippen LogP) is 0.745. The Morgan fingerprint density at radius 2 is 2.28 bits per heavy atom. The minimum absolute atomic E-state index is 0.353. The van der Waals surface area contributed by atoms with Crippen LogP contribution in [0.2, 0.25) is 0 Å². The summed E-state index contributed by atoms with van der Waals surface area (Å²) in [7, 11) is 1.64. The highest BCUT2D eigenvalue weighted by Gasteiger charge is 2.39. The topological polar surface area (TPSA) is 83.4 Å². The average molecular weight is 251 g/mol. The van der Waals surface area contributed by atoms with Gasteiger partial charge in [0, 0.05) is 39.6 Å². The standard InChI is InChI=1S/C12H17N3O3/c1-3-4-9(13)10-14-11(15-18-10)12(16-2)5-7-17-8-6-12/h1,9H,4-8,13H2,2H3. The van der Waals surface area contributed by atoms with Gasteiger partial charge in [-0.15, -0.1) is 12.3 Å². The normalized spacial score (nSPS) is 20.3. The molecule has 1 aliphatic heterocycles. The molecule has 98 valence electrons. The molecule has 2 heterocycles. The number of terminal acetylenes is 1. The fourth-order valence-electron chi connectivity index (χ4n) is 2.01. The first kappa shape index (κ1) is 13.0. The van der Waals surface area contributed by atoms with Crippen LogP contribution in [0.25, 0.3) is 0 Å². The third-order valence-corrected chi connectivity index (χ3v) is 3.20. The molecule has 1 aliphatic rings. The van der Waals surface area contributed by atoms with Gasteiger partial charge < -0.3 is 19.7 Å². The molecule has 1 unspecified atom stereocenters. The number of nitrogens with two attached hydrogens (primary N) is 1. The molecule has 2 rings (SSSR count). The first-order valence-corrected chi connectivity index (χ1v) is 5.88. The summed E-state index contributed by atoms with van der Waals surface area (Å²) >= 11 is 0. The van der Waals surface area contributed by atoms with Crippen molar-refractivity contribution in [3.63, 3.8) is 0 Å². The summed E-state index contributed by atoms with van der Waals surface area (Å²) in [5.41, 5.74) is 5.30. The van der Waals surface area contributed by atoms with Gasteiger partial charge in [0.25, 0.3) is 0 Å². The van der Waals surface area contributed by atoms with E-state index in [4.69, 9.17) is 26.2 Å². The van der Waals surface area contributed by atoms with Crippen LogP contribution < -0.4 is 5.73 Å². The van der Waals surface area contributed by atoms with Crippen molar-refractivity contribution in [1.29, 1.82) is 0 Å². The smallest absolute Gasteiger partial charge is 0.244 e. The summed E-state index contributed by atoms with van der Waals surface area (Å²) in [6.45, 7) is 1.24. The maximum Gasteiger partial charge on any atom is 0.244 e. The van der Waals surface area contributed by atoms with E-state index in [9.17, 15) is 0 Å². The molecule has 0 bridgehead atoms. The number of hydrogen-bond acceptors (Lipinski definition) is 6. The van der Waals surface area contributed by atoms with Gasteiger partial charge in [0.2, 0.25) is 11.7 Å². The van der Waals surface area contributed by atoms with Crippen molar-refractivity contribution in [2.24, 2.45) is 5.73 Å². The maximum absolute atomic E-state index is 5.83.